The van der Waals surface area contributed by atoms with Crippen LogP contribution in [0.25, 0.3) is 0 Å². The molecule has 4 heteroatoms. The summed E-state index contributed by atoms with van der Waals surface area (Å²) in [4.78, 5) is 13.5. The van der Waals surface area contributed by atoms with Crippen molar-refractivity contribution < 1.29 is 15.0 Å². The lowest BCUT2D eigenvalue weighted by Gasteiger charge is -2.39. The first-order chi connectivity index (χ1) is 8.86. The van der Waals surface area contributed by atoms with E-state index in [0.717, 1.165) is 17.5 Å². The van der Waals surface area contributed by atoms with Gasteiger partial charge >= 0.3 is 5.97 Å². The van der Waals surface area contributed by atoms with Gasteiger partial charge in [-0.25, -0.2) is 0 Å². The van der Waals surface area contributed by atoms with Crippen molar-refractivity contribution in [2.75, 3.05) is 14.1 Å². The fourth-order valence-electron chi connectivity index (χ4n) is 2.81. The fourth-order valence-corrected chi connectivity index (χ4v) is 2.81. The summed E-state index contributed by atoms with van der Waals surface area (Å²) in [7, 11) is 3.86. The molecular weight excluding hydrogens is 242 g/mol. The van der Waals surface area contributed by atoms with E-state index >= 15 is 0 Å². The van der Waals surface area contributed by atoms with Gasteiger partial charge in [-0.2, -0.15) is 0 Å². The lowest BCUT2D eigenvalue weighted by atomic mass is 9.63. The minimum Gasteiger partial charge on any atom is -0.507 e. The van der Waals surface area contributed by atoms with Gasteiger partial charge in [-0.15, -0.1) is 0 Å². The van der Waals surface area contributed by atoms with Crippen molar-refractivity contribution in [2.45, 2.75) is 38.1 Å². The molecule has 0 saturated heterocycles. The van der Waals surface area contributed by atoms with E-state index < -0.39 is 11.4 Å². The van der Waals surface area contributed by atoms with Crippen LogP contribution in [-0.2, 0) is 16.8 Å². The molecular formula is C15H21NO3. The molecule has 0 radical (unpaired) electrons. The molecule has 1 aromatic carbocycles. The summed E-state index contributed by atoms with van der Waals surface area (Å²) in [5.74, 6) is -0.670. The van der Waals surface area contributed by atoms with Crippen LogP contribution in [0.4, 0.5) is 0 Å². The highest BCUT2D eigenvalue weighted by molar-refractivity contribution is 5.84. The molecule has 1 saturated carbocycles. The molecule has 0 amide bonds. The first kappa shape index (κ1) is 13.9. The van der Waals surface area contributed by atoms with E-state index in [4.69, 9.17) is 0 Å². The largest absolute Gasteiger partial charge is 0.507 e. The van der Waals surface area contributed by atoms with Gasteiger partial charge in [0.15, 0.2) is 0 Å². The highest BCUT2D eigenvalue weighted by atomic mass is 16.4. The monoisotopic (exact) mass is 263 g/mol. The zero-order valence-electron chi connectivity index (χ0n) is 11.7. The molecule has 1 aliphatic carbocycles. The molecule has 104 valence electrons. The molecule has 2 rings (SSSR count). The van der Waals surface area contributed by atoms with Gasteiger partial charge in [0.25, 0.3) is 0 Å². The van der Waals surface area contributed by atoms with Crippen LogP contribution >= 0.6 is 0 Å². The summed E-state index contributed by atoms with van der Waals surface area (Å²) in [6, 6.07) is 3.74. The molecule has 0 atom stereocenters. The Morgan fingerprint density at radius 2 is 2.00 bits per heavy atom. The summed E-state index contributed by atoms with van der Waals surface area (Å²) in [5.41, 5.74) is 1.50. The van der Waals surface area contributed by atoms with Crippen LogP contribution in [0.1, 0.15) is 36.0 Å². The maximum absolute atomic E-state index is 11.6. The summed E-state index contributed by atoms with van der Waals surface area (Å²) in [6.07, 6.45) is 2.13. The van der Waals surface area contributed by atoms with Crippen molar-refractivity contribution in [3.05, 3.63) is 28.8 Å². The zero-order chi connectivity index (χ0) is 14.2. The highest BCUT2D eigenvalue weighted by Gasteiger charge is 2.47. The highest BCUT2D eigenvalue weighted by Crippen LogP contribution is 2.48. The molecule has 0 spiro atoms. The van der Waals surface area contributed by atoms with Gasteiger partial charge in [0.2, 0.25) is 0 Å². The van der Waals surface area contributed by atoms with E-state index in [0.29, 0.717) is 24.9 Å². The second-order valence-electron chi connectivity index (χ2n) is 5.80. The smallest absolute Gasteiger partial charge is 0.314 e. The molecule has 0 heterocycles. The minimum absolute atomic E-state index is 0.154. The third-order valence-corrected chi connectivity index (χ3v) is 3.95. The molecule has 1 aliphatic rings. The van der Waals surface area contributed by atoms with Crippen molar-refractivity contribution in [1.82, 2.24) is 4.90 Å². The van der Waals surface area contributed by atoms with Crippen LogP contribution in [0.15, 0.2) is 12.1 Å². The van der Waals surface area contributed by atoms with E-state index in [2.05, 4.69) is 0 Å². The lowest BCUT2D eigenvalue weighted by Crippen LogP contribution is -2.42. The number of nitrogens with zero attached hydrogens (tertiary/aromatic N) is 1. The topological polar surface area (TPSA) is 60.8 Å². The van der Waals surface area contributed by atoms with Gasteiger partial charge in [0, 0.05) is 17.7 Å². The van der Waals surface area contributed by atoms with Crippen molar-refractivity contribution in [1.29, 1.82) is 0 Å². The van der Waals surface area contributed by atoms with Gasteiger partial charge in [0.05, 0.1) is 5.41 Å². The Hall–Kier alpha value is -1.55. The summed E-state index contributed by atoms with van der Waals surface area (Å²) >= 11 is 0. The third kappa shape index (κ3) is 2.32. The third-order valence-electron chi connectivity index (χ3n) is 3.95. The van der Waals surface area contributed by atoms with Crippen molar-refractivity contribution in [3.8, 4) is 5.75 Å². The van der Waals surface area contributed by atoms with Crippen LogP contribution in [0.2, 0.25) is 0 Å². The van der Waals surface area contributed by atoms with E-state index in [-0.39, 0.29) is 5.75 Å². The standard InChI is InChI=1S/C15H21NO3/c1-10-7-11(9-16(2)3)13(17)12(8-10)15(14(18)19)5-4-6-15/h7-8,17H,4-6,9H2,1-3H3,(H,18,19). The molecule has 0 bridgehead atoms. The average molecular weight is 263 g/mol. The predicted molar refractivity (Wildman–Crippen MR) is 73.4 cm³/mol. The summed E-state index contributed by atoms with van der Waals surface area (Å²) in [5, 5.41) is 19.9. The van der Waals surface area contributed by atoms with E-state index in [1.807, 2.05) is 38.1 Å². The Morgan fingerprint density at radius 3 is 2.42 bits per heavy atom. The van der Waals surface area contributed by atoms with Crippen molar-refractivity contribution >= 4 is 5.97 Å². The first-order valence-electron chi connectivity index (χ1n) is 6.58. The van der Waals surface area contributed by atoms with Crippen LogP contribution in [0.3, 0.4) is 0 Å². The van der Waals surface area contributed by atoms with E-state index in [9.17, 15) is 15.0 Å². The SMILES string of the molecule is Cc1cc(CN(C)C)c(O)c(C2(C(=O)O)CCC2)c1. The molecule has 0 aliphatic heterocycles. The Kier molecular flexibility index (Phi) is 3.54. The quantitative estimate of drug-likeness (QED) is 0.875. The Labute approximate surface area is 113 Å². The maximum atomic E-state index is 11.6. The number of phenolic OH excluding ortho intramolecular Hbond substituents is 1. The number of aromatic hydroxyl groups is 1. The molecule has 4 nitrogen and oxygen atoms in total. The van der Waals surface area contributed by atoms with Gasteiger partial charge in [-0.3, -0.25) is 4.79 Å². The van der Waals surface area contributed by atoms with Gasteiger partial charge in [0.1, 0.15) is 5.75 Å². The lowest BCUT2D eigenvalue weighted by molar-refractivity contribution is -0.147. The first-order valence-corrected chi connectivity index (χ1v) is 6.58. The molecule has 1 fully saturated rings. The number of carbonyl (C=O) groups is 1. The number of hydrogen-bond acceptors (Lipinski definition) is 3. The fraction of sp³-hybridized carbons (Fsp3) is 0.533. The van der Waals surface area contributed by atoms with Crippen molar-refractivity contribution in [2.24, 2.45) is 0 Å². The number of benzene rings is 1. The number of hydrogen-bond donors (Lipinski definition) is 2. The van der Waals surface area contributed by atoms with Crippen LogP contribution in [0.5, 0.6) is 5.75 Å². The van der Waals surface area contributed by atoms with Crippen molar-refractivity contribution in [3.63, 3.8) is 0 Å². The Bertz CT molecular complexity index is 504. The molecule has 0 aromatic heterocycles. The molecule has 19 heavy (non-hydrogen) atoms. The van der Waals surface area contributed by atoms with E-state index in [1.54, 1.807) is 0 Å². The number of aliphatic carboxylic acids is 1. The molecule has 2 N–H and O–H groups in total. The molecule has 1 aromatic rings. The summed E-state index contributed by atoms with van der Waals surface area (Å²) < 4.78 is 0. The van der Waals surface area contributed by atoms with Gasteiger partial charge in [-0.1, -0.05) is 24.1 Å². The number of aryl methyl sites for hydroxylation is 1. The van der Waals surface area contributed by atoms with E-state index in [1.165, 1.54) is 0 Å². The number of phenols is 1. The maximum Gasteiger partial charge on any atom is 0.314 e. The van der Waals surface area contributed by atoms with Gasteiger partial charge in [-0.05, 0) is 33.9 Å². The van der Waals surface area contributed by atoms with Gasteiger partial charge < -0.3 is 15.1 Å². The normalized spacial score (nSPS) is 17.3. The Balaban J connectivity index is 2.51. The van der Waals surface area contributed by atoms with Crippen LogP contribution in [-0.4, -0.2) is 35.2 Å². The predicted octanol–water partition coefficient (Wildman–Crippen LogP) is 2.27. The number of rotatable bonds is 4. The second kappa shape index (κ2) is 4.85. The Morgan fingerprint density at radius 1 is 1.37 bits per heavy atom. The second-order valence-corrected chi connectivity index (χ2v) is 5.80. The molecule has 0 unspecified atom stereocenters. The zero-order valence-corrected chi connectivity index (χ0v) is 11.7. The summed E-state index contributed by atoms with van der Waals surface area (Å²) in [6.45, 7) is 2.55. The average Bonchev–Trinajstić information content (AvgIpc) is 2.21. The van der Waals surface area contributed by atoms with Crippen LogP contribution < -0.4 is 0 Å². The minimum atomic E-state index is -0.878. The number of carboxylic acids is 1. The van der Waals surface area contributed by atoms with Crippen LogP contribution in [0, 0.1) is 6.92 Å². The number of carboxylic acid groups (broad SMARTS) is 1.